The fourth-order valence-corrected chi connectivity index (χ4v) is 0.942. The van der Waals surface area contributed by atoms with E-state index < -0.39 is 27.1 Å². The van der Waals surface area contributed by atoms with Gasteiger partial charge in [0.15, 0.2) is 5.78 Å². The molecule has 9 nitrogen and oxygen atoms in total. The molecule has 1 aromatic rings. The average Bonchev–Trinajstić information content (AvgIpc) is 2.25. The molecule has 0 bridgehead atoms. The lowest BCUT2D eigenvalue weighted by Gasteiger charge is -2.02. The van der Waals surface area contributed by atoms with Crippen molar-refractivity contribution in [1.82, 2.24) is 4.98 Å². The maximum absolute atomic E-state index is 10.6. The van der Waals surface area contributed by atoms with Gasteiger partial charge < -0.3 is 4.74 Å². The van der Waals surface area contributed by atoms with E-state index >= 15 is 0 Å². The predicted octanol–water partition coefficient (Wildman–Crippen LogP) is 0.866. The van der Waals surface area contributed by atoms with Crippen LogP contribution in [0.15, 0.2) is 12.3 Å². The molecule has 1 rings (SSSR count). The quantitative estimate of drug-likeness (QED) is 0.552. The lowest BCUT2D eigenvalue weighted by Crippen LogP contribution is -2.09. The van der Waals surface area contributed by atoms with Gasteiger partial charge in [0.2, 0.25) is 0 Å². The van der Waals surface area contributed by atoms with E-state index in [0.717, 1.165) is 12.3 Å². The maximum atomic E-state index is 10.6. The molecule has 90 valence electrons. The zero-order chi connectivity index (χ0) is 13.0. The first-order chi connectivity index (χ1) is 7.91. The largest absolute Gasteiger partial charge is 0.465 e. The Balaban J connectivity index is 3.08. The summed E-state index contributed by atoms with van der Waals surface area (Å²) < 4.78 is 4.77. The third-order valence-electron chi connectivity index (χ3n) is 1.64. The number of nitrogens with zero attached hydrogens (tertiary/aromatic N) is 3. The molecule has 1 aromatic heterocycles. The second-order valence-corrected chi connectivity index (χ2v) is 3.02. The molecule has 0 unspecified atom stereocenters. The van der Waals surface area contributed by atoms with E-state index in [2.05, 4.69) is 4.98 Å². The molecule has 1 heterocycles. The molecule has 9 heteroatoms. The molecule has 0 amide bonds. The van der Waals surface area contributed by atoms with E-state index in [1.54, 1.807) is 0 Å². The van der Waals surface area contributed by atoms with Gasteiger partial charge in [0.05, 0.1) is 9.85 Å². The van der Waals surface area contributed by atoms with Crippen LogP contribution >= 0.6 is 0 Å². The van der Waals surface area contributed by atoms with Crippen molar-refractivity contribution in [3.05, 3.63) is 32.5 Å². The Kier molecular flexibility index (Phi) is 3.65. The monoisotopic (exact) mass is 241 g/mol. The molecule has 0 spiro atoms. The van der Waals surface area contributed by atoms with Gasteiger partial charge in [-0.25, -0.2) is 4.98 Å². The molecule has 0 saturated heterocycles. The number of aromatic nitrogens is 1. The van der Waals surface area contributed by atoms with E-state index in [1.165, 1.54) is 6.92 Å². The van der Waals surface area contributed by atoms with Gasteiger partial charge in [-0.15, -0.1) is 0 Å². The third-order valence-corrected chi connectivity index (χ3v) is 1.64. The van der Waals surface area contributed by atoms with Crippen LogP contribution in [0.3, 0.4) is 0 Å². The summed E-state index contributed by atoms with van der Waals surface area (Å²) >= 11 is 0. The first kappa shape index (κ1) is 12.5. The first-order valence-electron chi connectivity index (χ1n) is 4.33. The first-order valence-corrected chi connectivity index (χ1v) is 4.33. The van der Waals surface area contributed by atoms with Gasteiger partial charge in [-0.05, 0) is 6.92 Å². The van der Waals surface area contributed by atoms with E-state index in [-0.39, 0.29) is 12.4 Å². The van der Waals surface area contributed by atoms with Crippen molar-refractivity contribution < 1.29 is 19.4 Å². The molecule has 0 aliphatic carbocycles. The number of ether oxygens (including phenoxy) is 1. The molecule has 0 saturated carbocycles. The zero-order valence-electron chi connectivity index (χ0n) is 8.65. The Morgan fingerprint density at radius 2 is 2.06 bits per heavy atom. The van der Waals surface area contributed by atoms with Crippen LogP contribution in [0.2, 0.25) is 0 Å². The van der Waals surface area contributed by atoms with Gasteiger partial charge in [-0.1, -0.05) is 0 Å². The molecule has 0 aliphatic rings. The van der Waals surface area contributed by atoms with Crippen molar-refractivity contribution in [3.8, 4) is 5.88 Å². The Morgan fingerprint density at radius 1 is 1.41 bits per heavy atom. The van der Waals surface area contributed by atoms with Crippen LogP contribution in [0.5, 0.6) is 5.88 Å². The van der Waals surface area contributed by atoms with Gasteiger partial charge in [-0.2, -0.15) is 0 Å². The van der Waals surface area contributed by atoms with Crippen LogP contribution in [0, 0.1) is 20.2 Å². The summed E-state index contributed by atoms with van der Waals surface area (Å²) in [5, 5.41) is 21.0. The fourth-order valence-electron chi connectivity index (χ4n) is 0.942. The Labute approximate surface area is 94.3 Å². The summed E-state index contributed by atoms with van der Waals surface area (Å²) in [6.45, 7) is 0.850. The SMILES string of the molecule is CC(=O)COc1ncc([N+](=O)[O-])cc1[N+](=O)[O-]. The van der Waals surface area contributed by atoms with Crippen LogP contribution in [0.25, 0.3) is 0 Å². The maximum Gasteiger partial charge on any atom is 0.337 e. The molecular formula is C8H7N3O6. The molecule has 17 heavy (non-hydrogen) atoms. The highest BCUT2D eigenvalue weighted by Crippen LogP contribution is 2.27. The second-order valence-electron chi connectivity index (χ2n) is 3.02. The summed E-state index contributed by atoms with van der Waals surface area (Å²) in [6, 6.07) is 0.725. The smallest absolute Gasteiger partial charge is 0.337 e. The highest BCUT2D eigenvalue weighted by molar-refractivity contribution is 5.77. The Hall–Kier alpha value is -2.58. The molecular weight excluding hydrogens is 234 g/mol. The van der Waals surface area contributed by atoms with Crippen LogP contribution in [0.4, 0.5) is 11.4 Å². The number of carbonyl (C=O) groups is 1. The Morgan fingerprint density at radius 3 is 2.53 bits per heavy atom. The summed E-state index contributed by atoms with van der Waals surface area (Å²) in [7, 11) is 0. The van der Waals surface area contributed by atoms with Gasteiger partial charge in [0.1, 0.15) is 18.9 Å². The van der Waals surface area contributed by atoms with Crippen LogP contribution in [-0.2, 0) is 4.79 Å². The molecule has 0 aromatic carbocycles. The normalized spacial score (nSPS) is 9.71. The average molecular weight is 241 g/mol. The third kappa shape index (κ3) is 3.19. The fraction of sp³-hybridized carbons (Fsp3) is 0.250. The summed E-state index contributed by atoms with van der Waals surface area (Å²) in [5.74, 6) is -0.768. The van der Waals surface area contributed by atoms with Crippen molar-refractivity contribution in [2.24, 2.45) is 0 Å². The van der Waals surface area contributed by atoms with Gasteiger partial charge in [0.25, 0.3) is 11.6 Å². The number of carbonyl (C=O) groups excluding carboxylic acids is 1. The van der Waals surface area contributed by atoms with Crippen molar-refractivity contribution in [2.45, 2.75) is 6.92 Å². The lowest BCUT2D eigenvalue weighted by molar-refractivity contribution is -0.395. The predicted molar refractivity (Wildman–Crippen MR) is 53.7 cm³/mol. The van der Waals surface area contributed by atoms with Crippen molar-refractivity contribution in [1.29, 1.82) is 0 Å². The summed E-state index contributed by atoms with van der Waals surface area (Å²) in [6.07, 6.45) is 0.822. The van der Waals surface area contributed by atoms with E-state index in [1.807, 2.05) is 0 Å². The van der Waals surface area contributed by atoms with E-state index in [4.69, 9.17) is 4.74 Å². The second kappa shape index (κ2) is 4.96. The lowest BCUT2D eigenvalue weighted by atomic mass is 10.3. The van der Waals surface area contributed by atoms with E-state index in [9.17, 15) is 25.0 Å². The minimum absolute atomic E-state index is 0.348. The summed E-state index contributed by atoms with van der Waals surface area (Å²) in [4.78, 5) is 33.4. The number of hydrogen-bond acceptors (Lipinski definition) is 7. The zero-order valence-corrected chi connectivity index (χ0v) is 8.65. The number of rotatable bonds is 5. The minimum Gasteiger partial charge on any atom is -0.465 e. The number of hydrogen-bond donors (Lipinski definition) is 0. The van der Waals surface area contributed by atoms with Crippen LogP contribution < -0.4 is 4.74 Å². The van der Waals surface area contributed by atoms with Crippen molar-refractivity contribution >= 4 is 17.2 Å². The van der Waals surface area contributed by atoms with Crippen LogP contribution in [0.1, 0.15) is 6.92 Å². The highest BCUT2D eigenvalue weighted by atomic mass is 16.6. The van der Waals surface area contributed by atoms with Gasteiger partial charge in [-0.3, -0.25) is 25.0 Å². The topological polar surface area (TPSA) is 125 Å². The molecule has 0 aliphatic heterocycles. The Bertz CT molecular complexity index is 486. The number of Topliss-reactive ketones (excluding diaryl/α,β-unsaturated/α-hetero) is 1. The minimum atomic E-state index is -0.866. The van der Waals surface area contributed by atoms with Gasteiger partial charge in [0, 0.05) is 0 Å². The number of nitro groups is 2. The van der Waals surface area contributed by atoms with E-state index in [0.29, 0.717) is 0 Å². The molecule has 0 radical (unpaired) electrons. The number of pyridine rings is 1. The van der Waals surface area contributed by atoms with Crippen molar-refractivity contribution in [2.75, 3.05) is 6.61 Å². The molecule has 0 atom stereocenters. The standard InChI is InChI=1S/C8H7N3O6/c1-5(12)4-17-8-7(11(15)16)2-6(3-9-8)10(13)14/h2-3H,4H2,1H3. The molecule has 0 N–H and O–H groups in total. The van der Waals surface area contributed by atoms with Crippen LogP contribution in [-0.4, -0.2) is 27.2 Å². The summed E-state index contributed by atoms with van der Waals surface area (Å²) in [5.41, 5.74) is -1.17. The number of ketones is 1. The highest BCUT2D eigenvalue weighted by Gasteiger charge is 2.22. The molecule has 0 fully saturated rings. The van der Waals surface area contributed by atoms with Gasteiger partial charge >= 0.3 is 5.69 Å². The van der Waals surface area contributed by atoms with Crippen molar-refractivity contribution in [3.63, 3.8) is 0 Å².